The Morgan fingerprint density at radius 1 is 1.28 bits per heavy atom. The highest BCUT2D eigenvalue weighted by molar-refractivity contribution is 7.99. The molecule has 18 heavy (non-hydrogen) atoms. The number of pyridine rings is 2. The van der Waals surface area contributed by atoms with Crippen LogP contribution in [-0.2, 0) is 4.84 Å². The topological polar surface area (TPSA) is 81.5 Å². The zero-order valence-corrected chi connectivity index (χ0v) is 9.83. The molecule has 0 saturated carbocycles. The van der Waals surface area contributed by atoms with E-state index in [1.807, 2.05) is 6.07 Å². The Balaban J connectivity index is 2.28. The predicted octanol–water partition coefficient (Wildman–Crippen LogP) is 2.47. The van der Waals surface area contributed by atoms with E-state index in [9.17, 15) is 9.70 Å². The molecule has 0 bridgehead atoms. The van der Waals surface area contributed by atoms with Gasteiger partial charge in [0.25, 0.3) is 0 Å². The SMILES string of the molecule is O=NOC(=O)c1ccncc1Sc1ccccn1. The number of rotatable bonds is 4. The highest BCUT2D eigenvalue weighted by Gasteiger charge is 2.14. The predicted molar refractivity (Wildman–Crippen MR) is 63.8 cm³/mol. The molecule has 90 valence electrons. The number of nitrogens with zero attached hydrogens (tertiary/aromatic N) is 3. The van der Waals surface area contributed by atoms with E-state index in [1.165, 1.54) is 30.2 Å². The Kier molecular flexibility index (Phi) is 3.98. The fourth-order valence-electron chi connectivity index (χ4n) is 1.23. The van der Waals surface area contributed by atoms with E-state index in [-0.39, 0.29) is 5.56 Å². The third-order valence-corrected chi connectivity index (χ3v) is 2.97. The maximum Gasteiger partial charge on any atom is 0.370 e. The smallest absolute Gasteiger partial charge is 0.279 e. The van der Waals surface area contributed by atoms with Crippen molar-refractivity contribution in [2.24, 2.45) is 5.34 Å². The molecular weight excluding hydrogens is 254 g/mol. The second-order valence-electron chi connectivity index (χ2n) is 3.10. The summed E-state index contributed by atoms with van der Waals surface area (Å²) in [7, 11) is 0. The molecule has 0 aliphatic carbocycles. The van der Waals surface area contributed by atoms with Gasteiger partial charge >= 0.3 is 5.97 Å². The summed E-state index contributed by atoms with van der Waals surface area (Å²) in [5.74, 6) is -0.814. The molecule has 0 aliphatic rings. The highest BCUT2D eigenvalue weighted by Crippen LogP contribution is 2.28. The molecule has 2 heterocycles. The molecule has 0 saturated heterocycles. The van der Waals surface area contributed by atoms with Crippen molar-refractivity contribution < 1.29 is 9.63 Å². The molecule has 0 radical (unpaired) electrons. The second-order valence-corrected chi connectivity index (χ2v) is 4.16. The third-order valence-electron chi connectivity index (χ3n) is 1.98. The number of carbonyl (C=O) groups is 1. The van der Waals surface area contributed by atoms with Crippen LogP contribution in [0.15, 0.2) is 58.1 Å². The molecule has 0 spiro atoms. The Labute approximate surface area is 106 Å². The van der Waals surface area contributed by atoms with Crippen molar-refractivity contribution in [1.82, 2.24) is 9.97 Å². The summed E-state index contributed by atoms with van der Waals surface area (Å²) in [6.07, 6.45) is 4.58. The van der Waals surface area contributed by atoms with Gasteiger partial charge in [-0.25, -0.2) is 9.78 Å². The molecule has 2 aromatic heterocycles. The quantitative estimate of drug-likeness (QED) is 0.621. The van der Waals surface area contributed by atoms with Crippen LogP contribution in [0.1, 0.15) is 10.4 Å². The molecule has 2 aromatic rings. The minimum atomic E-state index is -0.814. The van der Waals surface area contributed by atoms with Crippen molar-refractivity contribution in [1.29, 1.82) is 0 Å². The minimum Gasteiger partial charge on any atom is -0.279 e. The summed E-state index contributed by atoms with van der Waals surface area (Å²) in [6.45, 7) is 0. The normalized spacial score (nSPS) is 9.78. The summed E-state index contributed by atoms with van der Waals surface area (Å²) >= 11 is 1.25. The lowest BCUT2D eigenvalue weighted by molar-refractivity contribution is 0.0504. The van der Waals surface area contributed by atoms with Crippen LogP contribution in [0.3, 0.4) is 0 Å². The van der Waals surface area contributed by atoms with Crippen molar-refractivity contribution in [3.05, 3.63) is 53.3 Å². The molecule has 0 fully saturated rings. The summed E-state index contributed by atoms with van der Waals surface area (Å²) in [5, 5.41) is 2.82. The Bertz CT molecular complexity index is 562. The summed E-state index contributed by atoms with van der Waals surface area (Å²) in [4.78, 5) is 34.1. The average molecular weight is 261 g/mol. The van der Waals surface area contributed by atoms with Crippen molar-refractivity contribution >= 4 is 17.7 Å². The van der Waals surface area contributed by atoms with Crippen molar-refractivity contribution in [2.45, 2.75) is 9.92 Å². The maximum atomic E-state index is 11.5. The molecule has 7 heteroatoms. The van der Waals surface area contributed by atoms with Crippen LogP contribution in [0.5, 0.6) is 0 Å². The largest absolute Gasteiger partial charge is 0.370 e. The van der Waals surface area contributed by atoms with E-state index in [0.29, 0.717) is 9.92 Å². The van der Waals surface area contributed by atoms with Gasteiger partial charge in [-0.05, 0) is 18.2 Å². The number of hydrogen-bond donors (Lipinski definition) is 0. The van der Waals surface area contributed by atoms with Crippen molar-refractivity contribution in [3.63, 3.8) is 0 Å². The van der Waals surface area contributed by atoms with Crippen LogP contribution in [0.4, 0.5) is 0 Å². The maximum absolute atomic E-state index is 11.5. The van der Waals surface area contributed by atoms with Crippen LogP contribution in [0.25, 0.3) is 0 Å². The molecule has 0 aliphatic heterocycles. The van der Waals surface area contributed by atoms with Gasteiger partial charge in [0, 0.05) is 23.5 Å². The average Bonchev–Trinajstić information content (AvgIpc) is 2.41. The summed E-state index contributed by atoms with van der Waals surface area (Å²) in [5.41, 5.74) is 0.222. The lowest BCUT2D eigenvalue weighted by atomic mass is 10.3. The fourth-order valence-corrected chi connectivity index (χ4v) is 2.09. The first-order valence-electron chi connectivity index (χ1n) is 4.88. The fraction of sp³-hybridized carbons (Fsp3) is 0. The van der Waals surface area contributed by atoms with E-state index >= 15 is 0 Å². The first kappa shape index (κ1) is 12.2. The molecule has 0 aromatic carbocycles. The molecule has 2 rings (SSSR count). The van der Waals surface area contributed by atoms with Gasteiger partial charge in [-0.3, -0.25) is 9.82 Å². The van der Waals surface area contributed by atoms with Gasteiger partial charge in [-0.2, -0.15) is 0 Å². The summed E-state index contributed by atoms with van der Waals surface area (Å²) < 4.78 is 0. The first-order chi connectivity index (χ1) is 8.81. The van der Waals surface area contributed by atoms with Gasteiger partial charge in [0.15, 0.2) is 5.34 Å². The van der Waals surface area contributed by atoms with E-state index < -0.39 is 5.97 Å². The molecule has 6 nitrogen and oxygen atoms in total. The Morgan fingerprint density at radius 3 is 2.89 bits per heavy atom. The van der Waals surface area contributed by atoms with E-state index in [2.05, 4.69) is 20.1 Å². The van der Waals surface area contributed by atoms with Gasteiger partial charge in [-0.1, -0.05) is 17.8 Å². The standard InChI is InChI=1S/C11H7N3O3S/c15-11(17-14-16)8-4-6-12-7-9(8)18-10-3-1-2-5-13-10/h1-7H. The van der Waals surface area contributed by atoms with E-state index in [4.69, 9.17) is 0 Å². The zero-order valence-electron chi connectivity index (χ0n) is 9.02. The van der Waals surface area contributed by atoms with E-state index in [1.54, 1.807) is 18.3 Å². The Morgan fingerprint density at radius 2 is 2.17 bits per heavy atom. The van der Waals surface area contributed by atoms with Crippen molar-refractivity contribution in [2.75, 3.05) is 0 Å². The van der Waals surface area contributed by atoms with Crippen LogP contribution >= 0.6 is 11.8 Å². The molecule has 0 amide bonds. The zero-order chi connectivity index (χ0) is 12.8. The lowest BCUT2D eigenvalue weighted by Gasteiger charge is -2.04. The highest BCUT2D eigenvalue weighted by atomic mass is 32.2. The first-order valence-corrected chi connectivity index (χ1v) is 5.70. The van der Waals surface area contributed by atoms with Gasteiger partial charge in [0.1, 0.15) is 5.03 Å². The molecular formula is C11H7N3O3S. The number of hydrogen-bond acceptors (Lipinski definition) is 7. The Hall–Kier alpha value is -2.28. The monoisotopic (exact) mass is 261 g/mol. The van der Waals surface area contributed by atoms with E-state index in [0.717, 1.165) is 0 Å². The molecule has 0 unspecified atom stereocenters. The third kappa shape index (κ3) is 2.89. The van der Waals surface area contributed by atoms with Crippen LogP contribution in [-0.4, -0.2) is 15.9 Å². The van der Waals surface area contributed by atoms with Crippen LogP contribution in [0, 0.1) is 4.91 Å². The van der Waals surface area contributed by atoms with Crippen LogP contribution in [0.2, 0.25) is 0 Å². The summed E-state index contributed by atoms with van der Waals surface area (Å²) in [6, 6.07) is 6.87. The second kappa shape index (κ2) is 5.87. The molecule has 0 N–H and O–H groups in total. The minimum absolute atomic E-state index is 0.222. The van der Waals surface area contributed by atoms with Gasteiger partial charge in [0.05, 0.1) is 5.56 Å². The van der Waals surface area contributed by atoms with Gasteiger partial charge in [-0.15, -0.1) is 4.91 Å². The van der Waals surface area contributed by atoms with Crippen molar-refractivity contribution in [3.8, 4) is 0 Å². The van der Waals surface area contributed by atoms with Gasteiger partial charge in [0.2, 0.25) is 0 Å². The molecule has 0 atom stereocenters. The van der Waals surface area contributed by atoms with Gasteiger partial charge < -0.3 is 0 Å². The number of carbonyl (C=O) groups excluding carboxylic acids is 1. The lowest BCUT2D eigenvalue weighted by Crippen LogP contribution is -2.02. The van der Waals surface area contributed by atoms with Crippen LogP contribution < -0.4 is 0 Å². The number of aromatic nitrogens is 2.